The number of hydrogen-bond acceptors (Lipinski definition) is 3. The second kappa shape index (κ2) is 5.07. The van der Waals surface area contributed by atoms with Crippen LogP contribution in [0.1, 0.15) is 20.8 Å². The first-order valence-corrected chi connectivity index (χ1v) is 13.4. The van der Waals surface area contributed by atoms with Gasteiger partial charge in [-0.1, -0.05) is 26.7 Å². The quantitative estimate of drug-likeness (QED) is 0.339. The summed E-state index contributed by atoms with van der Waals surface area (Å²) in [5.74, 6) is -3.15. The standard InChI is InChI=1S/C7H12Cl4N3P3/c1-5-6-15(7(2,3)4)12-16(8,9)14-17(10,11)13-15/h1H,6H2,2-4H3. The monoisotopic (exact) mass is 371 g/mol. The normalized spacial score (nSPS) is 30.5. The van der Waals surface area contributed by atoms with Crippen molar-refractivity contribution in [1.29, 1.82) is 0 Å². The predicted octanol–water partition coefficient (Wildman–Crippen LogP) is 7.40. The molecule has 1 heterocycles. The highest BCUT2D eigenvalue weighted by Gasteiger charge is 2.40. The van der Waals surface area contributed by atoms with E-state index in [4.69, 9.17) is 51.4 Å². The summed E-state index contributed by atoms with van der Waals surface area (Å²) in [6, 6.07) is 0. The minimum absolute atomic E-state index is 0.278. The van der Waals surface area contributed by atoms with E-state index in [2.05, 4.69) is 19.5 Å². The van der Waals surface area contributed by atoms with Gasteiger partial charge in [-0.05, 0) is 45.0 Å². The number of hydrogen-bond donors (Lipinski definition) is 0. The van der Waals surface area contributed by atoms with E-state index in [1.807, 2.05) is 20.8 Å². The third kappa shape index (κ3) is 3.94. The van der Waals surface area contributed by atoms with E-state index in [0.717, 1.165) is 0 Å². The maximum Gasteiger partial charge on any atom is 0.255 e. The maximum absolute atomic E-state index is 6.08. The highest BCUT2D eigenvalue weighted by Crippen LogP contribution is 2.87. The summed E-state index contributed by atoms with van der Waals surface area (Å²) in [5.41, 5.74) is 0. The van der Waals surface area contributed by atoms with Crippen molar-refractivity contribution in [3.8, 4) is 12.3 Å². The first-order valence-electron chi connectivity index (χ1n) is 4.56. The van der Waals surface area contributed by atoms with Crippen LogP contribution >= 0.6 is 64.0 Å². The van der Waals surface area contributed by atoms with Gasteiger partial charge in [0.25, 0.3) is 11.8 Å². The summed E-state index contributed by atoms with van der Waals surface area (Å²) in [4.78, 5) is 0. The van der Waals surface area contributed by atoms with Gasteiger partial charge in [-0.25, -0.2) is 9.03 Å². The smallest absolute Gasteiger partial charge is 0.212 e. The molecule has 0 N–H and O–H groups in total. The van der Waals surface area contributed by atoms with E-state index in [1.165, 1.54) is 0 Å². The lowest BCUT2D eigenvalue weighted by molar-refractivity contribution is 0.776. The molecule has 0 aromatic carbocycles. The molecule has 1 aliphatic rings. The fourth-order valence-electron chi connectivity index (χ4n) is 1.24. The zero-order valence-corrected chi connectivity index (χ0v) is 15.2. The lowest BCUT2D eigenvalue weighted by Gasteiger charge is -2.35. The summed E-state index contributed by atoms with van der Waals surface area (Å²) in [7, 11) is -2.33. The van der Waals surface area contributed by atoms with Crippen LogP contribution in [0.3, 0.4) is 0 Å². The largest absolute Gasteiger partial charge is 0.255 e. The summed E-state index contributed by atoms with van der Waals surface area (Å²) in [6.45, 7) is 5.95. The molecule has 3 nitrogen and oxygen atoms in total. The van der Waals surface area contributed by atoms with Crippen molar-refractivity contribution in [2.45, 2.75) is 25.9 Å². The summed E-state index contributed by atoms with van der Waals surface area (Å²) in [5, 5.41) is -0.278. The van der Waals surface area contributed by atoms with Crippen molar-refractivity contribution in [3.63, 3.8) is 0 Å². The molecule has 98 valence electrons. The molecule has 0 bridgehead atoms. The van der Waals surface area contributed by atoms with Crippen LogP contribution in [0.5, 0.6) is 0 Å². The fraction of sp³-hybridized carbons (Fsp3) is 0.714. The van der Waals surface area contributed by atoms with E-state index >= 15 is 0 Å². The SMILES string of the molecule is C#CCP1(C(C)(C)C)=NP(Cl)(Cl)=NP(Cl)(Cl)=N1. The predicted molar refractivity (Wildman–Crippen MR) is 84.9 cm³/mol. The van der Waals surface area contributed by atoms with Gasteiger partial charge in [-0.3, -0.25) is 0 Å². The molecule has 0 aromatic rings. The Bertz CT molecular complexity index is 520. The molecule has 1 atom stereocenters. The van der Waals surface area contributed by atoms with Gasteiger partial charge in [0.1, 0.15) is 7.21 Å². The first kappa shape index (κ1) is 16.5. The Morgan fingerprint density at radius 3 is 1.82 bits per heavy atom. The zero-order chi connectivity index (χ0) is 13.5. The lowest BCUT2D eigenvalue weighted by Crippen LogP contribution is -2.15. The molecular weight excluding hydrogens is 361 g/mol. The van der Waals surface area contributed by atoms with Crippen LogP contribution in [0.2, 0.25) is 0 Å². The van der Waals surface area contributed by atoms with Crippen LogP contribution in [-0.4, -0.2) is 11.3 Å². The van der Waals surface area contributed by atoms with Gasteiger partial charge in [0, 0.05) is 5.16 Å². The zero-order valence-electron chi connectivity index (χ0n) is 9.48. The second-order valence-corrected chi connectivity index (χ2v) is 18.2. The molecule has 0 fully saturated rings. The summed E-state index contributed by atoms with van der Waals surface area (Å²) in [6.07, 6.45) is 5.75. The van der Waals surface area contributed by atoms with Gasteiger partial charge in [-0.15, -0.1) is 6.42 Å². The Morgan fingerprint density at radius 2 is 1.47 bits per heavy atom. The topological polar surface area (TPSA) is 37.1 Å². The van der Waals surface area contributed by atoms with Gasteiger partial charge in [0.15, 0.2) is 0 Å². The molecule has 0 amide bonds. The molecule has 1 aliphatic heterocycles. The molecule has 0 aliphatic carbocycles. The molecule has 0 saturated heterocycles. The third-order valence-electron chi connectivity index (χ3n) is 2.11. The van der Waals surface area contributed by atoms with Crippen molar-refractivity contribution < 1.29 is 0 Å². The van der Waals surface area contributed by atoms with Crippen molar-refractivity contribution >= 4 is 64.0 Å². The summed E-state index contributed by atoms with van der Waals surface area (Å²) >= 11 is 24.3. The Labute approximate surface area is 121 Å². The van der Waals surface area contributed by atoms with Crippen molar-refractivity contribution in [1.82, 2.24) is 0 Å². The van der Waals surface area contributed by atoms with E-state index in [1.54, 1.807) is 0 Å². The van der Waals surface area contributed by atoms with E-state index in [-0.39, 0.29) is 5.16 Å². The Morgan fingerprint density at radius 1 is 1.00 bits per heavy atom. The molecule has 0 saturated carbocycles. The van der Waals surface area contributed by atoms with Gasteiger partial charge < -0.3 is 0 Å². The van der Waals surface area contributed by atoms with E-state index in [0.29, 0.717) is 6.16 Å². The summed E-state index contributed by atoms with van der Waals surface area (Å²) < 4.78 is 12.8. The Kier molecular flexibility index (Phi) is 4.91. The lowest BCUT2D eigenvalue weighted by atomic mass is 10.3. The number of halogens is 4. The molecule has 10 heteroatoms. The van der Waals surface area contributed by atoms with Crippen molar-refractivity contribution in [2.75, 3.05) is 6.16 Å². The van der Waals surface area contributed by atoms with Crippen molar-refractivity contribution in [2.24, 2.45) is 13.5 Å². The number of nitrogens with zero attached hydrogens (tertiary/aromatic N) is 3. The molecule has 1 unspecified atom stereocenters. The Hall–Kier alpha value is 1.41. The van der Waals surface area contributed by atoms with Crippen LogP contribution in [0.25, 0.3) is 0 Å². The number of rotatable bonds is 1. The number of terminal acetylenes is 1. The first-order chi connectivity index (χ1) is 7.43. The van der Waals surface area contributed by atoms with Crippen LogP contribution in [0, 0.1) is 12.3 Å². The molecule has 0 spiro atoms. The van der Waals surface area contributed by atoms with Crippen LogP contribution < -0.4 is 0 Å². The van der Waals surface area contributed by atoms with Crippen molar-refractivity contribution in [3.05, 3.63) is 0 Å². The van der Waals surface area contributed by atoms with Gasteiger partial charge >= 0.3 is 0 Å². The van der Waals surface area contributed by atoms with Crippen LogP contribution in [0.15, 0.2) is 13.5 Å². The van der Waals surface area contributed by atoms with Gasteiger partial charge in [-0.2, -0.15) is 4.52 Å². The molecule has 17 heavy (non-hydrogen) atoms. The maximum atomic E-state index is 6.08. The van der Waals surface area contributed by atoms with Gasteiger partial charge in [0.2, 0.25) is 0 Å². The third-order valence-corrected chi connectivity index (χ3v) is 15.6. The fourth-order valence-corrected chi connectivity index (χ4v) is 18.7. The Balaban J connectivity index is 3.69. The average molecular weight is 373 g/mol. The second-order valence-electron chi connectivity index (χ2n) is 4.44. The molecule has 0 radical (unpaired) electrons. The molecule has 0 aromatic heterocycles. The van der Waals surface area contributed by atoms with Crippen LogP contribution in [-0.2, 0) is 0 Å². The minimum Gasteiger partial charge on any atom is -0.212 e. The molecule has 1 rings (SSSR count). The average Bonchev–Trinajstić information content (AvgIpc) is 1.95. The highest BCUT2D eigenvalue weighted by atomic mass is 35.9. The highest BCUT2D eigenvalue weighted by molar-refractivity contribution is 8.21. The minimum atomic E-state index is -2.87. The van der Waals surface area contributed by atoms with E-state index < -0.39 is 19.0 Å². The van der Waals surface area contributed by atoms with Gasteiger partial charge in [0.05, 0.1) is 6.16 Å². The van der Waals surface area contributed by atoms with E-state index in [9.17, 15) is 0 Å². The molecular formula is C7H12Cl4N3P3. The van der Waals surface area contributed by atoms with Crippen LogP contribution in [0.4, 0.5) is 0 Å².